The molecular weight excluding hydrogens is 290 g/mol. The van der Waals surface area contributed by atoms with Crippen LogP contribution in [0, 0.1) is 6.92 Å². The van der Waals surface area contributed by atoms with Gasteiger partial charge in [0, 0.05) is 21.5 Å². The van der Waals surface area contributed by atoms with Crippen molar-refractivity contribution in [2.75, 3.05) is 0 Å². The van der Waals surface area contributed by atoms with Gasteiger partial charge < -0.3 is 5.11 Å². The summed E-state index contributed by atoms with van der Waals surface area (Å²) in [6, 6.07) is 6.75. The molecule has 0 saturated heterocycles. The second kappa shape index (κ2) is 6.25. The molecule has 0 fully saturated rings. The SMILES string of the molecule is Cc1ccc(C(=O)O)cc1.ClI. The van der Waals surface area contributed by atoms with Crippen LogP contribution in [0.2, 0.25) is 0 Å². The van der Waals surface area contributed by atoms with Crippen molar-refractivity contribution in [1.29, 1.82) is 0 Å². The van der Waals surface area contributed by atoms with Gasteiger partial charge in [-0.1, -0.05) is 17.7 Å². The maximum atomic E-state index is 10.3. The van der Waals surface area contributed by atoms with E-state index in [0.717, 1.165) is 5.56 Å². The van der Waals surface area contributed by atoms with Crippen molar-refractivity contribution in [3.63, 3.8) is 0 Å². The Labute approximate surface area is 88.4 Å². The van der Waals surface area contributed by atoms with Crippen molar-refractivity contribution in [3.05, 3.63) is 35.4 Å². The minimum Gasteiger partial charge on any atom is -0.478 e. The average Bonchev–Trinajstić information content (AvgIpc) is 2.09. The van der Waals surface area contributed by atoms with Crippen molar-refractivity contribution < 1.29 is 9.90 Å². The molecule has 0 saturated carbocycles. The fraction of sp³-hybridized carbons (Fsp3) is 0.125. The summed E-state index contributed by atoms with van der Waals surface area (Å²) in [5, 5.41) is 8.48. The normalized spacial score (nSPS) is 8.25. The second-order valence-corrected chi connectivity index (χ2v) is 2.17. The summed E-state index contributed by atoms with van der Waals surface area (Å²) in [5.74, 6) is -0.875. The lowest BCUT2D eigenvalue weighted by Crippen LogP contribution is -1.94. The van der Waals surface area contributed by atoms with Crippen molar-refractivity contribution in [3.8, 4) is 0 Å². The zero-order valence-corrected chi connectivity index (χ0v) is 9.33. The first-order valence-corrected chi connectivity index (χ1v) is 5.87. The average molecular weight is 299 g/mol. The molecule has 1 rings (SSSR count). The topological polar surface area (TPSA) is 37.3 Å². The smallest absolute Gasteiger partial charge is 0.335 e. The Balaban J connectivity index is 0.000000561. The zero-order chi connectivity index (χ0) is 9.56. The van der Waals surface area contributed by atoms with E-state index < -0.39 is 5.97 Å². The van der Waals surface area contributed by atoms with Gasteiger partial charge in [0.15, 0.2) is 0 Å². The van der Waals surface area contributed by atoms with E-state index in [2.05, 4.69) is 8.91 Å². The van der Waals surface area contributed by atoms with Gasteiger partial charge in [-0.2, -0.15) is 0 Å². The number of aryl methyl sites for hydroxylation is 1. The van der Waals surface area contributed by atoms with E-state index in [4.69, 9.17) is 5.11 Å². The van der Waals surface area contributed by atoms with Crippen molar-refractivity contribution in [2.24, 2.45) is 0 Å². The monoisotopic (exact) mass is 298 g/mol. The molecule has 1 aromatic rings. The largest absolute Gasteiger partial charge is 0.478 e. The van der Waals surface area contributed by atoms with E-state index in [1.807, 2.05) is 6.92 Å². The Morgan fingerprint density at radius 1 is 1.33 bits per heavy atom. The van der Waals surface area contributed by atoms with E-state index in [0.29, 0.717) is 5.56 Å². The van der Waals surface area contributed by atoms with Gasteiger partial charge in [-0.15, -0.1) is 0 Å². The van der Waals surface area contributed by atoms with Crippen LogP contribution in [0.1, 0.15) is 15.9 Å². The standard InChI is InChI=1S/C8H8O2.ClI/c1-6-2-4-7(5-3-6)8(9)10;1-2/h2-5H,1H3,(H,9,10);. The number of halogens is 2. The third-order valence-corrected chi connectivity index (χ3v) is 1.30. The highest BCUT2D eigenvalue weighted by Crippen LogP contribution is 2.01. The first-order chi connectivity index (χ1) is 5.70. The van der Waals surface area contributed by atoms with Crippen LogP contribution >= 0.6 is 30.4 Å². The summed E-state index contributed by atoms with van der Waals surface area (Å²) >= 11 is 1.62. The zero-order valence-electron chi connectivity index (χ0n) is 6.42. The Kier molecular flexibility index (Phi) is 6.10. The molecule has 0 radical (unpaired) electrons. The van der Waals surface area contributed by atoms with E-state index in [-0.39, 0.29) is 0 Å². The molecule has 0 heterocycles. The first kappa shape index (κ1) is 11.7. The molecule has 0 spiro atoms. The number of carboxylic acids is 1. The molecule has 2 nitrogen and oxygen atoms in total. The molecule has 0 unspecified atom stereocenters. The highest BCUT2D eigenvalue weighted by atomic mass is 127. The highest BCUT2D eigenvalue weighted by Gasteiger charge is 1.98. The lowest BCUT2D eigenvalue weighted by atomic mass is 10.2. The van der Waals surface area contributed by atoms with E-state index in [1.54, 1.807) is 45.7 Å². The van der Waals surface area contributed by atoms with Crippen molar-refractivity contribution in [1.82, 2.24) is 0 Å². The lowest BCUT2D eigenvalue weighted by molar-refractivity contribution is 0.0697. The second-order valence-electron chi connectivity index (χ2n) is 2.17. The van der Waals surface area contributed by atoms with Crippen LogP contribution in [0.5, 0.6) is 0 Å². The number of hydrogen-bond acceptors (Lipinski definition) is 1. The fourth-order valence-electron chi connectivity index (χ4n) is 0.696. The van der Waals surface area contributed by atoms with Crippen LogP contribution in [0.3, 0.4) is 0 Å². The molecule has 66 valence electrons. The van der Waals surface area contributed by atoms with Crippen LogP contribution in [0.4, 0.5) is 0 Å². The van der Waals surface area contributed by atoms with Crippen LogP contribution in [0.15, 0.2) is 24.3 Å². The minimum atomic E-state index is -0.875. The summed E-state index contributed by atoms with van der Waals surface area (Å²) < 4.78 is 0. The molecule has 0 atom stereocenters. The van der Waals surface area contributed by atoms with Gasteiger partial charge in [-0.3, -0.25) is 0 Å². The summed E-state index contributed by atoms with van der Waals surface area (Å²) in [7, 11) is 4.61. The molecule has 4 heteroatoms. The molecule has 0 bridgehead atoms. The first-order valence-electron chi connectivity index (χ1n) is 3.14. The number of carboxylic acid groups (broad SMARTS) is 1. The van der Waals surface area contributed by atoms with E-state index >= 15 is 0 Å². The van der Waals surface area contributed by atoms with Gasteiger partial charge in [-0.05, 0) is 28.0 Å². The highest BCUT2D eigenvalue weighted by molar-refractivity contribution is 14.1. The van der Waals surface area contributed by atoms with Crippen LogP contribution < -0.4 is 0 Å². The molecule has 0 amide bonds. The number of rotatable bonds is 1. The quantitative estimate of drug-likeness (QED) is 0.808. The number of benzene rings is 1. The summed E-state index contributed by atoms with van der Waals surface area (Å²) in [6.07, 6.45) is 0. The summed E-state index contributed by atoms with van der Waals surface area (Å²) in [6.45, 7) is 1.92. The molecule has 1 N–H and O–H groups in total. The summed E-state index contributed by atoms with van der Waals surface area (Å²) in [4.78, 5) is 10.3. The minimum absolute atomic E-state index is 0.339. The molecule has 0 aliphatic rings. The Morgan fingerprint density at radius 3 is 2.08 bits per heavy atom. The van der Waals surface area contributed by atoms with E-state index in [9.17, 15) is 4.79 Å². The predicted octanol–water partition coefficient (Wildman–Crippen LogP) is 3.27. The van der Waals surface area contributed by atoms with E-state index in [1.165, 1.54) is 0 Å². The Bertz CT molecular complexity index is 246. The number of hydrogen-bond donors (Lipinski definition) is 1. The van der Waals surface area contributed by atoms with Crippen LogP contribution in [-0.4, -0.2) is 11.1 Å². The van der Waals surface area contributed by atoms with Crippen molar-refractivity contribution >= 4 is 36.3 Å². The van der Waals surface area contributed by atoms with Gasteiger partial charge >= 0.3 is 5.97 Å². The third-order valence-electron chi connectivity index (χ3n) is 1.30. The summed E-state index contributed by atoms with van der Waals surface area (Å²) in [5.41, 5.74) is 1.41. The Morgan fingerprint density at radius 2 is 1.75 bits per heavy atom. The lowest BCUT2D eigenvalue weighted by Gasteiger charge is -1.92. The molecule has 0 aliphatic carbocycles. The molecule has 0 aromatic heterocycles. The third kappa shape index (κ3) is 3.92. The fourth-order valence-corrected chi connectivity index (χ4v) is 0.696. The van der Waals surface area contributed by atoms with Gasteiger partial charge in [0.1, 0.15) is 0 Å². The van der Waals surface area contributed by atoms with Crippen LogP contribution in [-0.2, 0) is 0 Å². The number of carbonyl (C=O) groups is 1. The maximum absolute atomic E-state index is 10.3. The van der Waals surface area contributed by atoms with Gasteiger partial charge in [0.2, 0.25) is 0 Å². The van der Waals surface area contributed by atoms with Gasteiger partial charge in [0.25, 0.3) is 0 Å². The molecule has 1 aromatic carbocycles. The molecule has 0 aliphatic heterocycles. The Hall–Kier alpha value is -0.290. The molecular formula is C8H8ClIO2. The van der Waals surface area contributed by atoms with Gasteiger partial charge in [-0.25, -0.2) is 4.79 Å². The molecule has 12 heavy (non-hydrogen) atoms. The maximum Gasteiger partial charge on any atom is 0.335 e. The van der Waals surface area contributed by atoms with Gasteiger partial charge in [0.05, 0.1) is 5.56 Å². The van der Waals surface area contributed by atoms with Crippen molar-refractivity contribution in [2.45, 2.75) is 6.92 Å². The van der Waals surface area contributed by atoms with Crippen LogP contribution in [0.25, 0.3) is 0 Å². The number of aromatic carboxylic acids is 1. The predicted molar refractivity (Wildman–Crippen MR) is 58.0 cm³/mol.